The van der Waals surface area contributed by atoms with Crippen LogP contribution in [0.15, 0.2) is 0 Å². The Morgan fingerprint density at radius 3 is 1.87 bits per heavy atom. The lowest BCUT2D eigenvalue weighted by Gasteiger charge is -2.12. The molecule has 0 saturated heterocycles. The quantitative estimate of drug-likeness (QED) is 0.499. The molecule has 0 aromatic rings. The van der Waals surface area contributed by atoms with Crippen molar-refractivity contribution < 1.29 is 0 Å². The van der Waals surface area contributed by atoms with Gasteiger partial charge in [0, 0.05) is 5.92 Å². The van der Waals surface area contributed by atoms with E-state index in [1.54, 1.807) is 0 Å². The van der Waals surface area contributed by atoms with E-state index in [-0.39, 0.29) is 0 Å². The summed E-state index contributed by atoms with van der Waals surface area (Å²) in [5, 5.41) is 0. The fourth-order valence-electron chi connectivity index (χ4n) is 1.86. The Labute approximate surface area is 96.8 Å². The Morgan fingerprint density at radius 2 is 1.40 bits per heavy atom. The van der Waals surface area contributed by atoms with Gasteiger partial charge >= 0.3 is 0 Å². The van der Waals surface area contributed by atoms with Crippen LogP contribution < -0.4 is 0 Å². The van der Waals surface area contributed by atoms with Crippen LogP contribution in [0.4, 0.5) is 0 Å². The third kappa shape index (κ3) is 9.85. The largest absolute Gasteiger partial charge is 0.0860 e. The second kappa shape index (κ2) is 8.84. The molecule has 0 aliphatic heterocycles. The molecule has 1 radical (unpaired) electrons. The summed E-state index contributed by atoms with van der Waals surface area (Å²) in [4.78, 5) is 0. The molecule has 0 heterocycles. The van der Waals surface area contributed by atoms with Crippen molar-refractivity contribution in [3.05, 3.63) is 6.42 Å². The Morgan fingerprint density at radius 1 is 0.867 bits per heavy atom. The molecule has 87 valence electrons. The lowest BCUT2D eigenvalue weighted by molar-refractivity contribution is 0.414. The van der Waals surface area contributed by atoms with Gasteiger partial charge in [0.1, 0.15) is 0 Å². The number of rotatable bonds is 8. The van der Waals surface area contributed by atoms with Crippen LogP contribution in [0.5, 0.6) is 0 Å². The summed E-state index contributed by atoms with van der Waals surface area (Å²) in [6, 6.07) is 0. The predicted octanol–water partition coefficient (Wildman–Crippen LogP) is 4.84. The van der Waals surface area contributed by atoms with E-state index in [1.165, 1.54) is 32.1 Å². The smallest absolute Gasteiger partial charge is 0.0184 e. The average molecular weight is 207 g/mol. The van der Waals surface area contributed by atoms with E-state index in [1.807, 2.05) is 0 Å². The van der Waals surface area contributed by atoms with Crippen LogP contribution >= 0.6 is 0 Å². The van der Waals surface area contributed by atoms with Crippen molar-refractivity contribution in [3.8, 4) is 5.92 Å². The normalized spacial score (nSPS) is 14.9. The van der Waals surface area contributed by atoms with Crippen molar-refractivity contribution in [2.24, 2.45) is 17.8 Å². The van der Waals surface area contributed by atoms with E-state index in [4.69, 9.17) is 6.42 Å². The molecule has 0 nitrogen and oxygen atoms in total. The second-order valence-corrected chi connectivity index (χ2v) is 5.41. The lowest BCUT2D eigenvalue weighted by atomic mass is 9.94. The number of hydrogen-bond donors (Lipinski definition) is 0. The fourth-order valence-corrected chi connectivity index (χ4v) is 1.86. The molecule has 0 aromatic heterocycles. The molecule has 0 fully saturated rings. The van der Waals surface area contributed by atoms with Gasteiger partial charge in [0.2, 0.25) is 0 Å². The van der Waals surface area contributed by atoms with Gasteiger partial charge in [-0.05, 0) is 24.7 Å². The van der Waals surface area contributed by atoms with Crippen LogP contribution in [0, 0.1) is 30.1 Å². The van der Waals surface area contributed by atoms with Gasteiger partial charge in [-0.3, -0.25) is 0 Å². The molecule has 0 rings (SSSR count). The number of hydrogen-bond acceptors (Lipinski definition) is 0. The van der Waals surface area contributed by atoms with Crippen LogP contribution in [0.3, 0.4) is 0 Å². The standard InChI is InChI=1S/C15H27/c1-6-14(4)10-8-12-15(5)11-7-9-13(2)3/h13-15H,7-12H2,2-5H3. The fraction of sp³-hybridized carbons (Fsp3) is 0.867. The minimum absolute atomic E-state index is 0.355. The molecule has 15 heavy (non-hydrogen) atoms. The third-order valence-corrected chi connectivity index (χ3v) is 3.06. The summed E-state index contributed by atoms with van der Waals surface area (Å²) in [5.41, 5.74) is 0. The molecule has 0 saturated carbocycles. The highest BCUT2D eigenvalue weighted by Crippen LogP contribution is 2.18. The first kappa shape index (κ1) is 14.6. The van der Waals surface area contributed by atoms with Gasteiger partial charge in [-0.2, -0.15) is 0 Å². The minimum Gasteiger partial charge on any atom is -0.0860 e. The molecule has 0 spiro atoms. The van der Waals surface area contributed by atoms with E-state index >= 15 is 0 Å². The highest BCUT2D eigenvalue weighted by Gasteiger charge is 2.04. The second-order valence-electron chi connectivity index (χ2n) is 5.41. The molecule has 0 aromatic carbocycles. The molecule has 0 heteroatoms. The summed E-state index contributed by atoms with van der Waals surface area (Å²) in [5.74, 6) is 4.62. The first-order valence-electron chi connectivity index (χ1n) is 6.48. The zero-order valence-electron chi connectivity index (χ0n) is 11.0. The Kier molecular flexibility index (Phi) is 8.58. The monoisotopic (exact) mass is 207 g/mol. The lowest BCUT2D eigenvalue weighted by Crippen LogP contribution is -1.98. The van der Waals surface area contributed by atoms with Crippen molar-refractivity contribution in [2.45, 2.75) is 66.2 Å². The summed E-state index contributed by atoms with van der Waals surface area (Å²) in [7, 11) is 0. The predicted molar refractivity (Wildman–Crippen MR) is 68.0 cm³/mol. The van der Waals surface area contributed by atoms with Crippen LogP contribution in [0.2, 0.25) is 0 Å². The van der Waals surface area contributed by atoms with Crippen molar-refractivity contribution in [1.82, 2.24) is 0 Å². The SMILES string of the molecule is [C]#CC(C)CCCC(C)CCCC(C)C. The zero-order valence-corrected chi connectivity index (χ0v) is 11.0. The van der Waals surface area contributed by atoms with Gasteiger partial charge in [0.25, 0.3) is 0 Å². The highest BCUT2D eigenvalue weighted by atomic mass is 14.1. The van der Waals surface area contributed by atoms with Gasteiger partial charge in [0.05, 0.1) is 0 Å². The third-order valence-electron chi connectivity index (χ3n) is 3.06. The molecule has 0 bridgehead atoms. The first-order valence-corrected chi connectivity index (χ1v) is 6.48. The minimum atomic E-state index is 0.355. The molecule has 0 amide bonds. The highest BCUT2D eigenvalue weighted by molar-refractivity contribution is 4.83. The van der Waals surface area contributed by atoms with E-state index in [0.29, 0.717) is 5.92 Å². The molecule has 2 atom stereocenters. The molecular weight excluding hydrogens is 180 g/mol. The molecule has 0 aliphatic rings. The summed E-state index contributed by atoms with van der Waals surface area (Å²) < 4.78 is 0. The topological polar surface area (TPSA) is 0 Å². The van der Waals surface area contributed by atoms with E-state index < -0.39 is 0 Å². The van der Waals surface area contributed by atoms with Gasteiger partial charge in [-0.15, -0.1) is 0 Å². The van der Waals surface area contributed by atoms with Crippen LogP contribution in [-0.4, -0.2) is 0 Å². The molecule has 0 aliphatic carbocycles. The van der Waals surface area contributed by atoms with E-state index in [9.17, 15) is 0 Å². The Hall–Kier alpha value is -0.440. The summed E-state index contributed by atoms with van der Waals surface area (Å²) in [6.45, 7) is 9.04. The van der Waals surface area contributed by atoms with Crippen LogP contribution in [0.25, 0.3) is 0 Å². The summed E-state index contributed by atoms with van der Waals surface area (Å²) in [6.07, 6.45) is 14.8. The van der Waals surface area contributed by atoms with Gasteiger partial charge in [0.15, 0.2) is 0 Å². The first-order chi connectivity index (χ1) is 7.06. The van der Waals surface area contributed by atoms with Crippen molar-refractivity contribution in [3.63, 3.8) is 0 Å². The van der Waals surface area contributed by atoms with Gasteiger partial charge < -0.3 is 0 Å². The maximum Gasteiger partial charge on any atom is 0.0184 e. The summed E-state index contributed by atoms with van der Waals surface area (Å²) >= 11 is 0. The average Bonchev–Trinajstić information content (AvgIpc) is 2.17. The van der Waals surface area contributed by atoms with Crippen LogP contribution in [-0.2, 0) is 0 Å². The van der Waals surface area contributed by atoms with Crippen molar-refractivity contribution in [1.29, 1.82) is 0 Å². The maximum atomic E-state index is 7.00. The van der Waals surface area contributed by atoms with E-state index in [2.05, 4.69) is 33.6 Å². The van der Waals surface area contributed by atoms with Crippen LogP contribution in [0.1, 0.15) is 66.2 Å². The van der Waals surface area contributed by atoms with E-state index in [0.717, 1.165) is 18.3 Å². The van der Waals surface area contributed by atoms with Gasteiger partial charge in [-0.25, -0.2) is 0 Å². The van der Waals surface area contributed by atoms with Gasteiger partial charge in [-0.1, -0.05) is 65.7 Å². The van der Waals surface area contributed by atoms with Crippen molar-refractivity contribution in [2.75, 3.05) is 0 Å². The molecular formula is C15H27. The molecule has 2 unspecified atom stereocenters. The Bertz CT molecular complexity index is 173. The van der Waals surface area contributed by atoms with Crippen molar-refractivity contribution >= 4 is 0 Å². The zero-order chi connectivity index (χ0) is 11.7. The maximum absolute atomic E-state index is 7.00. The molecule has 0 N–H and O–H groups in total. The Balaban J connectivity index is 3.34.